The maximum absolute atomic E-state index is 4.76. The van der Waals surface area contributed by atoms with Gasteiger partial charge in [0.2, 0.25) is 0 Å². The van der Waals surface area contributed by atoms with Crippen molar-refractivity contribution >= 4 is 32.1 Å². The Morgan fingerprint density at radius 3 is 2.47 bits per heavy atom. The van der Waals surface area contributed by atoms with Crippen LogP contribution in [0.3, 0.4) is 0 Å². The van der Waals surface area contributed by atoms with E-state index in [1.54, 1.807) is 12.4 Å². The van der Waals surface area contributed by atoms with E-state index in [-0.39, 0.29) is 13.1 Å². The van der Waals surface area contributed by atoms with Gasteiger partial charge in [-0.15, -0.1) is 5.69 Å². The van der Waals surface area contributed by atoms with Gasteiger partial charge in [0.15, 0.2) is 0 Å². The first kappa shape index (κ1) is 14.3. The van der Waals surface area contributed by atoms with Gasteiger partial charge < -0.3 is 4.98 Å². The maximum atomic E-state index is 4.76. The first-order valence-electron chi connectivity index (χ1n) is 4.80. The first-order valence-corrected chi connectivity index (χ1v) is 7.84. The number of benzene rings is 1. The van der Waals surface area contributed by atoms with Crippen molar-refractivity contribution in [3.05, 3.63) is 53.9 Å². The predicted molar refractivity (Wildman–Crippen MR) is 69.9 cm³/mol. The van der Waals surface area contributed by atoms with Crippen LogP contribution in [0.4, 0.5) is 5.69 Å². The molecule has 1 aromatic carbocycles. The molecule has 0 atom stereocenters. The molecule has 0 aliphatic heterocycles. The van der Waals surface area contributed by atoms with Gasteiger partial charge >= 0.3 is 33.3 Å². The van der Waals surface area contributed by atoms with Crippen LogP contribution in [-0.4, -0.2) is 6.21 Å². The second-order valence-electron chi connectivity index (χ2n) is 3.16. The predicted octanol–water partition coefficient (Wildman–Crippen LogP) is 4.08. The number of aliphatic imine (C=N–C) groups is 1. The Labute approximate surface area is 116 Å². The van der Waals surface area contributed by atoms with Gasteiger partial charge in [0.25, 0.3) is 0 Å². The number of aryl methyl sites for hydroxylation is 1. The molecule has 0 aliphatic carbocycles. The Kier molecular flexibility index (Phi) is 7.06. The van der Waals surface area contributed by atoms with Crippen LogP contribution in [-0.2, 0) is 13.1 Å². The molecule has 17 heavy (non-hydrogen) atoms. The Bertz CT molecular complexity index is 455. The molecule has 0 spiro atoms. The number of hydrogen-bond acceptors (Lipinski definition) is 1. The molecule has 0 saturated heterocycles. The number of aromatic nitrogens is 1. The summed E-state index contributed by atoms with van der Waals surface area (Å²) < 4.78 is 0. The third-order valence-electron chi connectivity index (χ3n) is 2.03. The molecular weight excluding hydrogens is 299 g/mol. The summed E-state index contributed by atoms with van der Waals surface area (Å²) in [6.07, 6.45) is 3.54. The topological polar surface area (TPSA) is 26.5 Å². The van der Waals surface area contributed by atoms with Crippen molar-refractivity contribution in [1.82, 2.24) is 4.98 Å². The molecule has 0 saturated carbocycles. The summed E-state index contributed by atoms with van der Waals surface area (Å²) in [5.41, 5.74) is 3.07. The average Bonchev–Trinajstić information content (AvgIpc) is 2.82. The molecule has 2 aromatic rings. The van der Waals surface area contributed by atoms with Gasteiger partial charge in [0.1, 0.15) is 0 Å². The fourth-order valence-electron chi connectivity index (χ4n) is 1.23. The number of rotatable bonds is 2. The second-order valence-corrected chi connectivity index (χ2v) is 4.98. The van der Waals surface area contributed by atoms with Gasteiger partial charge in [-0.25, -0.2) is 0 Å². The minimum absolute atomic E-state index is 0.194. The third kappa shape index (κ3) is 5.42. The van der Waals surface area contributed by atoms with Crippen LogP contribution in [0.5, 0.6) is 0 Å². The van der Waals surface area contributed by atoms with Crippen molar-refractivity contribution in [1.29, 1.82) is 0 Å². The monoisotopic (exact) mass is 309 g/mol. The molecule has 2 nitrogen and oxygen atoms in total. The van der Waals surface area contributed by atoms with Crippen LogP contribution in [0, 0.1) is 6.92 Å². The van der Waals surface area contributed by atoms with Gasteiger partial charge in [-0.2, -0.15) is 6.20 Å². The zero-order valence-electron chi connectivity index (χ0n) is 9.12. The van der Waals surface area contributed by atoms with Crippen LogP contribution in [0.2, 0.25) is 0 Å². The van der Waals surface area contributed by atoms with Crippen molar-refractivity contribution < 1.29 is 13.1 Å². The molecule has 0 unspecified atom stereocenters. The van der Waals surface area contributed by atoms with Gasteiger partial charge in [-0.1, -0.05) is 30.3 Å². The van der Waals surface area contributed by atoms with Crippen LogP contribution in [0.15, 0.2) is 47.6 Å². The summed E-state index contributed by atoms with van der Waals surface area (Å²) in [6.45, 7) is 2.05. The van der Waals surface area contributed by atoms with Crippen LogP contribution >= 0.6 is 20.2 Å². The van der Waals surface area contributed by atoms with Crippen LogP contribution in [0.25, 0.3) is 0 Å². The molecule has 5 heteroatoms. The van der Waals surface area contributed by atoms with E-state index in [0.717, 1.165) is 11.4 Å². The summed E-state index contributed by atoms with van der Waals surface area (Å²) in [5, 5.41) is 0. The van der Waals surface area contributed by atoms with E-state index in [4.69, 9.17) is 20.2 Å². The number of para-hydroxylation sites is 1. The minimum atomic E-state index is 0.194. The zero-order chi connectivity index (χ0) is 12.5. The molecule has 91 valence electrons. The van der Waals surface area contributed by atoms with Crippen molar-refractivity contribution in [3.8, 4) is 0 Å². The van der Waals surface area contributed by atoms with Crippen molar-refractivity contribution in [2.75, 3.05) is 0 Å². The number of hydrogen-bond donors (Lipinski definition) is 0. The van der Waals surface area contributed by atoms with Crippen molar-refractivity contribution in [2.45, 2.75) is 6.92 Å². The van der Waals surface area contributed by atoms with Gasteiger partial charge in [-0.3, -0.25) is 4.99 Å². The Hall–Kier alpha value is -0.731. The fraction of sp³-hybridized carbons (Fsp3) is 0.0833. The fourth-order valence-corrected chi connectivity index (χ4v) is 1.23. The molecular formula is C12H11Cl2FeN2. The number of halogens is 2. The molecule has 0 bridgehead atoms. The van der Waals surface area contributed by atoms with E-state index in [0.29, 0.717) is 0 Å². The van der Waals surface area contributed by atoms with Gasteiger partial charge in [-0.05, 0) is 18.6 Å². The second kappa shape index (κ2) is 8.37. The summed E-state index contributed by atoms with van der Waals surface area (Å²) >= 11 is 0.194. The van der Waals surface area contributed by atoms with Crippen LogP contribution in [0.1, 0.15) is 11.3 Å². The summed E-state index contributed by atoms with van der Waals surface area (Å²) in [6, 6.07) is 11.9. The van der Waals surface area contributed by atoms with Crippen LogP contribution < -0.4 is 4.98 Å². The zero-order valence-corrected chi connectivity index (χ0v) is 11.7. The molecule has 1 aromatic heterocycles. The van der Waals surface area contributed by atoms with Crippen molar-refractivity contribution in [2.24, 2.45) is 4.99 Å². The Balaban J connectivity index is 0.000000437. The Morgan fingerprint density at radius 1 is 1.18 bits per heavy atom. The number of nitrogens with zero attached hydrogens (tertiary/aromatic N) is 2. The van der Waals surface area contributed by atoms with E-state index in [1.165, 1.54) is 5.56 Å². The standard InChI is InChI=1S/C12H11N2.2ClH.Fe/c1-10-5-2-3-7-12(10)14-9-11-6-4-8-13-11;;;/h2-9H,1H3;2*1H;/q-1;;;+3/p-2. The van der Waals surface area contributed by atoms with E-state index in [9.17, 15) is 0 Å². The quantitative estimate of drug-likeness (QED) is 0.606. The third-order valence-corrected chi connectivity index (χ3v) is 2.03. The summed E-state index contributed by atoms with van der Waals surface area (Å²) in [4.78, 5) is 8.47. The summed E-state index contributed by atoms with van der Waals surface area (Å²) in [7, 11) is 9.53. The molecule has 0 amide bonds. The normalized spacial score (nSPS) is 10.1. The molecule has 1 heterocycles. The SMILES string of the molecule is Cc1ccccc1N=Cc1ccc[n-]1.[Cl][Fe+][Cl]. The average molecular weight is 310 g/mol. The molecule has 0 fully saturated rings. The molecule has 0 N–H and O–H groups in total. The molecule has 2 rings (SSSR count). The Morgan fingerprint density at radius 2 is 1.88 bits per heavy atom. The molecule has 0 radical (unpaired) electrons. The first-order chi connectivity index (χ1) is 8.27. The van der Waals surface area contributed by atoms with E-state index < -0.39 is 0 Å². The van der Waals surface area contributed by atoms with E-state index >= 15 is 0 Å². The van der Waals surface area contributed by atoms with Gasteiger partial charge in [0, 0.05) is 6.21 Å². The van der Waals surface area contributed by atoms with E-state index in [1.807, 2.05) is 43.3 Å². The van der Waals surface area contributed by atoms with Gasteiger partial charge in [0.05, 0.1) is 5.69 Å². The van der Waals surface area contributed by atoms with Crippen molar-refractivity contribution in [3.63, 3.8) is 0 Å². The van der Waals surface area contributed by atoms with E-state index in [2.05, 4.69) is 9.98 Å². The molecule has 0 aliphatic rings. The summed E-state index contributed by atoms with van der Waals surface area (Å²) in [5.74, 6) is 0.